The van der Waals surface area contributed by atoms with E-state index in [1.165, 1.54) is 18.2 Å². The highest BCUT2D eigenvalue weighted by Crippen LogP contribution is 2.30. The molecule has 0 saturated carbocycles. The monoisotopic (exact) mass is 347 g/mol. The van der Waals surface area contributed by atoms with Crippen LogP contribution in [-0.4, -0.2) is 40.7 Å². The van der Waals surface area contributed by atoms with Crippen molar-refractivity contribution in [3.63, 3.8) is 0 Å². The van der Waals surface area contributed by atoms with Crippen LogP contribution in [0.5, 0.6) is 5.75 Å². The van der Waals surface area contributed by atoms with Crippen LogP contribution >= 0.6 is 0 Å². The van der Waals surface area contributed by atoms with Crippen LogP contribution < -0.4 is 4.74 Å². The van der Waals surface area contributed by atoms with E-state index in [4.69, 9.17) is 14.7 Å². The van der Waals surface area contributed by atoms with Crippen LogP contribution in [0.4, 0.5) is 10.5 Å². The van der Waals surface area contributed by atoms with E-state index in [9.17, 15) is 14.9 Å². The lowest BCUT2D eigenvalue weighted by Gasteiger charge is -2.34. The Morgan fingerprint density at radius 1 is 1.44 bits per heavy atom. The summed E-state index contributed by atoms with van der Waals surface area (Å²) in [6.07, 6.45) is 0.540. The van der Waals surface area contributed by atoms with Crippen molar-refractivity contribution < 1.29 is 19.2 Å². The van der Waals surface area contributed by atoms with Gasteiger partial charge in [-0.2, -0.15) is 5.26 Å². The lowest BCUT2D eigenvalue weighted by atomic mass is 10.1. The van der Waals surface area contributed by atoms with Crippen molar-refractivity contribution in [1.29, 1.82) is 5.26 Å². The van der Waals surface area contributed by atoms with E-state index in [2.05, 4.69) is 0 Å². The first-order chi connectivity index (χ1) is 11.7. The van der Waals surface area contributed by atoms with Gasteiger partial charge in [0.15, 0.2) is 5.75 Å². The Morgan fingerprint density at radius 3 is 2.76 bits per heavy atom. The van der Waals surface area contributed by atoms with E-state index in [-0.39, 0.29) is 23.5 Å². The number of likely N-dealkylation sites (tertiary alicyclic amines) is 1. The van der Waals surface area contributed by atoms with E-state index in [1.807, 2.05) is 6.07 Å². The summed E-state index contributed by atoms with van der Waals surface area (Å²) >= 11 is 0. The number of rotatable bonds is 3. The summed E-state index contributed by atoms with van der Waals surface area (Å²) in [7, 11) is 0. The van der Waals surface area contributed by atoms with Gasteiger partial charge in [-0.05, 0) is 39.7 Å². The maximum Gasteiger partial charge on any atom is 0.410 e. The van der Waals surface area contributed by atoms with E-state index >= 15 is 0 Å². The minimum atomic E-state index is -0.592. The van der Waals surface area contributed by atoms with Gasteiger partial charge in [0.1, 0.15) is 11.7 Å². The molecule has 1 aliphatic heterocycles. The molecule has 25 heavy (non-hydrogen) atoms. The first-order valence-corrected chi connectivity index (χ1v) is 8.03. The molecule has 0 radical (unpaired) electrons. The average molecular weight is 347 g/mol. The summed E-state index contributed by atoms with van der Waals surface area (Å²) in [6.45, 7) is 6.21. The number of carbonyl (C=O) groups excluding carboxylic acids is 1. The van der Waals surface area contributed by atoms with Crippen molar-refractivity contribution in [2.24, 2.45) is 0 Å². The first-order valence-electron chi connectivity index (χ1n) is 8.03. The summed E-state index contributed by atoms with van der Waals surface area (Å²) in [4.78, 5) is 24.3. The average Bonchev–Trinajstić information content (AvgIpc) is 2.53. The molecule has 1 atom stereocenters. The van der Waals surface area contributed by atoms with Gasteiger partial charge in [0.25, 0.3) is 0 Å². The van der Waals surface area contributed by atoms with Gasteiger partial charge < -0.3 is 14.4 Å². The molecule has 134 valence electrons. The summed E-state index contributed by atoms with van der Waals surface area (Å²) in [5.41, 5.74) is -0.515. The molecule has 1 heterocycles. The fraction of sp³-hybridized carbons (Fsp3) is 0.529. The zero-order valence-electron chi connectivity index (χ0n) is 14.5. The third-order valence-electron chi connectivity index (χ3n) is 3.61. The molecule has 0 aromatic heterocycles. The molecule has 2 rings (SSSR count). The number of nitro benzene ring substituents is 1. The Morgan fingerprint density at radius 2 is 2.16 bits per heavy atom. The van der Waals surface area contributed by atoms with Crippen molar-refractivity contribution in [1.82, 2.24) is 4.90 Å². The molecule has 1 aliphatic rings. The van der Waals surface area contributed by atoms with Crippen LogP contribution in [0.3, 0.4) is 0 Å². The van der Waals surface area contributed by atoms with Gasteiger partial charge in [-0.3, -0.25) is 10.1 Å². The summed E-state index contributed by atoms with van der Waals surface area (Å²) < 4.78 is 11.1. The van der Waals surface area contributed by atoms with Crippen molar-refractivity contribution in [3.8, 4) is 11.8 Å². The van der Waals surface area contributed by atoms with E-state index in [0.29, 0.717) is 19.4 Å². The highest BCUT2D eigenvalue weighted by atomic mass is 16.6. The zero-order valence-corrected chi connectivity index (χ0v) is 14.5. The Bertz CT molecular complexity index is 705. The molecular formula is C17H21N3O5. The molecule has 8 nitrogen and oxygen atoms in total. The predicted molar refractivity (Wildman–Crippen MR) is 89.3 cm³/mol. The van der Waals surface area contributed by atoms with Gasteiger partial charge in [-0.15, -0.1) is 0 Å². The van der Waals surface area contributed by atoms with Crippen molar-refractivity contribution in [2.75, 3.05) is 13.1 Å². The SMILES string of the molecule is CC(C)(C)OC(=O)N1CCCC(Oc2cc(C#N)ccc2[N+](=O)[O-])C1. The van der Waals surface area contributed by atoms with Crippen LogP contribution in [0.1, 0.15) is 39.2 Å². The van der Waals surface area contributed by atoms with Crippen LogP contribution in [-0.2, 0) is 4.74 Å². The number of amides is 1. The number of nitriles is 1. The minimum Gasteiger partial charge on any atom is -0.482 e. The summed E-state index contributed by atoms with van der Waals surface area (Å²) in [6, 6.07) is 5.91. The molecule has 0 N–H and O–H groups in total. The Labute approximate surface area is 146 Å². The fourth-order valence-corrected chi connectivity index (χ4v) is 2.54. The van der Waals surface area contributed by atoms with Gasteiger partial charge in [-0.25, -0.2) is 4.79 Å². The molecule has 1 fully saturated rings. The van der Waals surface area contributed by atoms with Gasteiger partial charge in [0.2, 0.25) is 0 Å². The lowest BCUT2D eigenvalue weighted by Crippen LogP contribution is -2.46. The van der Waals surface area contributed by atoms with E-state index < -0.39 is 22.7 Å². The van der Waals surface area contributed by atoms with E-state index in [1.54, 1.807) is 25.7 Å². The Balaban J connectivity index is 2.11. The molecule has 8 heteroatoms. The number of hydrogen-bond acceptors (Lipinski definition) is 6. The second kappa shape index (κ2) is 7.38. The number of piperidine rings is 1. The van der Waals surface area contributed by atoms with Gasteiger partial charge in [0.05, 0.1) is 23.1 Å². The Kier molecular flexibility index (Phi) is 5.47. The smallest absolute Gasteiger partial charge is 0.410 e. The molecule has 0 spiro atoms. The third-order valence-corrected chi connectivity index (χ3v) is 3.61. The fourth-order valence-electron chi connectivity index (χ4n) is 2.54. The molecule has 0 bridgehead atoms. The molecule has 1 amide bonds. The third kappa shape index (κ3) is 5.08. The topological polar surface area (TPSA) is 106 Å². The van der Waals surface area contributed by atoms with Crippen LogP contribution in [0, 0.1) is 21.4 Å². The van der Waals surface area contributed by atoms with Gasteiger partial charge in [0, 0.05) is 18.7 Å². The predicted octanol–water partition coefficient (Wildman–Crippen LogP) is 3.24. The number of benzene rings is 1. The van der Waals surface area contributed by atoms with Crippen molar-refractivity contribution in [2.45, 2.75) is 45.3 Å². The maximum absolute atomic E-state index is 12.2. The van der Waals surface area contributed by atoms with Crippen molar-refractivity contribution >= 4 is 11.8 Å². The van der Waals surface area contributed by atoms with Crippen LogP contribution in [0.25, 0.3) is 0 Å². The lowest BCUT2D eigenvalue weighted by molar-refractivity contribution is -0.386. The van der Waals surface area contributed by atoms with Gasteiger partial charge >= 0.3 is 11.8 Å². The van der Waals surface area contributed by atoms with Gasteiger partial charge in [-0.1, -0.05) is 0 Å². The number of hydrogen-bond donors (Lipinski definition) is 0. The first kappa shape index (κ1) is 18.5. The number of ether oxygens (including phenoxy) is 2. The second-order valence-corrected chi connectivity index (χ2v) is 6.86. The molecule has 1 unspecified atom stereocenters. The van der Waals surface area contributed by atoms with Crippen LogP contribution in [0.2, 0.25) is 0 Å². The summed E-state index contributed by atoms with van der Waals surface area (Å²) in [5.74, 6) is 0.0417. The second-order valence-electron chi connectivity index (χ2n) is 6.86. The molecular weight excluding hydrogens is 326 g/mol. The van der Waals surface area contributed by atoms with Crippen LogP contribution in [0.15, 0.2) is 18.2 Å². The number of nitrogens with zero attached hydrogens (tertiary/aromatic N) is 3. The number of nitro groups is 1. The highest BCUT2D eigenvalue weighted by Gasteiger charge is 2.30. The standard InChI is InChI=1S/C17H21N3O5/c1-17(2,3)25-16(21)19-8-4-5-13(11-19)24-15-9-12(10-18)6-7-14(15)20(22)23/h6-7,9,13H,4-5,8,11H2,1-3H3. The Hall–Kier alpha value is -2.82. The molecule has 1 aromatic carbocycles. The normalized spacial score (nSPS) is 17.5. The minimum absolute atomic E-state index is 0.0417. The maximum atomic E-state index is 12.2. The highest BCUT2D eigenvalue weighted by molar-refractivity contribution is 5.68. The van der Waals surface area contributed by atoms with E-state index in [0.717, 1.165) is 0 Å². The molecule has 1 saturated heterocycles. The number of carbonyl (C=O) groups is 1. The quantitative estimate of drug-likeness (QED) is 0.614. The van der Waals surface area contributed by atoms with Crippen molar-refractivity contribution in [3.05, 3.63) is 33.9 Å². The molecule has 0 aliphatic carbocycles. The zero-order chi connectivity index (χ0) is 18.6. The molecule has 1 aromatic rings. The largest absolute Gasteiger partial charge is 0.482 e. The summed E-state index contributed by atoms with van der Waals surface area (Å²) in [5, 5.41) is 20.1.